The first kappa shape index (κ1) is 12.6. The lowest BCUT2D eigenvalue weighted by Gasteiger charge is -2.12. The minimum Gasteiger partial charge on any atom is -0.261 e. The Kier molecular flexibility index (Phi) is 4.19. The molecule has 2 rings (SSSR count). The number of aryl methyl sites for hydroxylation is 1. The molecule has 17 heavy (non-hydrogen) atoms. The van der Waals surface area contributed by atoms with E-state index in [0.717, 1.165) is 16.6 Å². The Morgan fingerprint density at radius 1 is 1.29 bits per heavy atom. The molecular weight excluding hydrogens is 298 g/mol. The van der Waals surface area contributed by atoms with Crippen molar-refractivity contribution in [3.63, 3.8) is 0 Å². The number of rotatable bonds is 3. The Bertz CT molecular complexity index is 499. The van der Waals surface area contributed by atoms with E-state index in [9.17, 15) is 0 Å². The van der Waals surface area contributed by atoms with E-state index in [0.29, 0.717) is 0 Å². The van der Waals surface area contributed by atoms with Crippen LogP contribution in [0.15, 0.2) is 47.1 Å². The van der Waals surface area contributed by atoms with Gasteiger partial charge < -0.3 is 0 Å². The van der Waals surface area contributed by atoms with Gasteiger partial charge in [0.05, 0.1) is 5.38 Å². The van der Waals surface area contributed by atoms with Crippen LogP contribution in [0, 0.1) is 6.92 Å². The Morgan fingerprint density at radius 3 is 2.76 bits per heavy atom. The maximum absolute atomic E-state index is 6.44. The summed E-state index contributed by atoms with van der Waals surface area (Å²) in [5.74, 6) is 0. The van der Waals surface area contributed by atoms with Gasteiger partial charge in [0.15, 0.2) is 0 Å². The van der Waals surface area contributed by atoms with Gasteiger partial charge in [0.1, 0.15) is 0 Å². The Hall–Kier alpha value is -0.860. The van der Waals surface area contributed by atoms with E-state index in [4.69, 9.17) is 11.6 Å². The van der Waals surface area contributed by atoms with Crippen LogP contribution in [-0.2, 0) is 6.42 Å². The summed E-state index contributed by atoms with van der Waals surface area (Å²) in [6.07, 6.45) is 2.55. The lowest BCUT2D eigenvalue weighted by atomic mass is 10.0. The number of aromatic nitrogens is 1. The Labute approximate surface area is 115 Å². The molecule has 1 atom stereocenters. The van der Waals surface area contributed by atoms with Gasteiger partial charge in [0.2, 0.25) is 0 Å². The van der Waals surface area contributed by atoms with Crippen LogP contribution >= 0.6 is 27.5 Å². The maximum atomic E-state index is 6.44. The van der Waals surface area contributed by atoms with Crippen molar-refractivity contribution >= 4 is 27.5 Å². The first-order valence-electron chi connectivity index (χ1n) is 5.47. The normalized spacial score (nSPS) is 12.4. The van der Waals surface area contributed by atoms with Gasteiger partial charge in [-0.2, -0.15) is 0 Å². The van der Waals surface area contributed by atoms with Gasteiger partial charge in [0.25, 0.3) is 0 Å². The fourth-order valence-corrected chi connectivity index (χ4v) is 2.68. The van der Waals surface area contributed by atoms with Gasteiger partial charge in [-0.1, -0.05) is 28.1 Å². The zero-order valence-electron chi connectivity index (χ0n) is 9.53. The van der Waals surface area contributed by atoms with Gasteiger partial charge in [0, 0.05) is 22.8 Å². The highest BCUT2D eigenvalue weighted by Gasteiger charge is 2.12. The molecule has 88 valence electrons. The second-order valence-electron chi connectivity index (χ2n) is 3.99. The number of pyridine rings is 1. The topological polar surface area (TPSA) is 12.9 Å². The van der Waals surface area contributed by atoms with E-state index in [2.05, 4.69) is 40.0 Å². The van der Waals surface area contributed by atoms with Crippen molar-refractivity contribution in [1.82, 2.24) is 4.98 Å². The molecule has 1 nitrogen and oxygen atoms in total. The molecule has 0 radical (unpaired) electrons. The van der Waals surface area contributed by atoms with Crippen molar-refractivity contribution < 1.29 is 0 Å². The number of benzene rings is 1. The summed E-state index contributed by atoms with van der Waals surface area (Å²) in [5, 5.41) is -0.0296. The van der Waals surface area contributed by atoms with Crippen molar-refractivity contribution in [1.29, 1.82) is 0 Å². The Morgan fingerprint density at radius 2 is 2.12 bits per heavy atom. The second-order valence-corrected chi connectivity index (χ2v) is 5.44. The first-order valence-corrected chi connectivity index (χ1v) is 6.70. The van der Waals surface area contributed by atoms with Gasteiger partial charge >= 0.3 is 0 Å². The van der Waals surface area contributed by atoms with Gasteiger partial charge in [-0.25, -0.2) is 0 Å². The van der Waals surface area contributed by atoms with Crippen LogP contribution in [0.1, 0.15) is 22.2 Å². The number of nitrogens with zero attached hydrogens (tertiary/aromatic N) is 1. The average molecular weight is 311 g/mol. The van der Waals surface area contributed by atoms with Crippen LogP contribution in [0.25, 0.3) is 0 Å². The molecule has 0 saturated carbocycles. The summed E-state index contributed by atoms with van der Waals surface area (Å²) in [6.45, 7) is 2.08. The summed E-state index contributed by atoms with van der Waals surface area (Å²) in [4.78, 5) is 4.30. The molecule has 0 N–H and O–H groups in total. The van der Waals surface area contributed by atoms with Crippen molar-refractivity contribution in [3.05, 3.63) is 63.9 Å². The van der Waals surface area contributed by atoms with E-state index in [1.807, 2.05) is 24.3 Å². The lowest BCUT2D eigenvalue weighted by Crippen LogP contribution is -2.00. The third-order valence-electron chi connectivity index (χ3n) is 2.68. The second kappa shape index (κ2) is 5.65. The van der Waals surface area contributed by atoms with Gasteiger partial charge in [-0.15, -0.1) is 11.6 Å². The van der Waals surface area contributed by atoms with Crippen LogP contribution in [0.3, 0.4) is 0 Å². The van der Waals surface area contributed by atoms with Gasteiger partial charge in [-0.05, 0) is 42.3 Å². The molecule has 0 fully saturated rings. The Balaban J connectivity index is 2.17. The quantitative estimate of drug-likeness (QED) is 0.750. The summed E-state index contributed by atoms with van der Waals surface area (Å²) in [6, 6.07) is 12.1. The molecule has 0 aliphatic heterocycles. The lowest BCUT2D eigenvalue weighted by molar-refractivity contribution is 0.873. The van der Waals surface area contributed by atoms with E-state index in [1.54, 1.807) is 6.20 Å². The van der Waals surface area contributed by atoms with Crippen LogP contribution < -0.4 is 0 Å². The SMILES string of the molecule is Cc1cc(Br)ccc1C(Cl)Cc1ccccn1. The van der Waals surface area contributed by atoms with Gasteiger partial charge in [-0.3, -0.25) is 4.98 Å². The molecule has 0 saturated heterocycles. The van der Waals surface area contributed by atoms with E-state index < -0.39 is 0 Å². The van der Waals surface area contributed by atoms with E-state index in [1.165, 1.54) is 11.1 Å². The third-order valence-corrected chi connectivity index (χ3v) is 3.57. The standard InChI is InChI=1S/C14H13BrClN/c1-10-8-11(15)5-6-13(10)14(16)9-12-4-2-3-7-17-12/h2-8,14H,9H2,1H3. The number of hydrogen-bond donors (Lipinski definition) is 0. The molecule has 1 aromatic heterocycles. The average Bonchev–Trinajstić information content (AvgIpc) is 2.30. The molecule has 1 heterocycles. The molecule has 0 aliphatic carbocycles. The maximum Gasteiger partial charge on any atom is 0.0643 e. The molecular formula is C14H13BrClN. The monoisotopic (exact) mass is 309 g/mol. The van der Waals surface area contributed by atoms with Crippen molar-refractivity contribution in [3.8, 4) is 0 Å². The molecule has 1 aromatic carbocycles. The zero-order valence-corrected chi connectivity index (χ0v) is 11.9. The fourth-order valence-electron chi connectivity index (χ4n) is 1.80. The third kappa shape index (κ3) is 3.30. The molecule has 0 bridgehead atoms. The first-order chi connectivity index (χ1) is 8.16. The van der Waals surface area contributed by atoms with Crippen LogP contribution in [0.2, 0.25) is 0 Å². The molecule has 2 aromatic rings. The number of halogens is 2. The number of hydrogen-bond acceptors (Lipinski definition) is 1. The smallest absolute Gasteiger partial charge is 0.0643 e. The van der Waals surface area contributed by atoms with Crippen LogP contribution in [0.5, 0.6) is 0 Å². The minimum atomic E-state index is -0.0296. The molecule has 3 heteroatoms. The van der Waals surface area contributed by atoms with Crippen molar-refractivity contribution in [2.75, 3.05) is 0 Å². The predicted octanol–water partition coefficient (Wildman–Crippen LogP) is 4.68. The summed E-state index contributed by atoms with van der Waals surface area (Å²) < 4.78 is 1.08. The van der Waals surface area contributed by atoms with E-state index >= 15 is 0 Å². The summed E-state index contributed by atoms with van der Waals surface area (Å²) >= 11 is 9.90. The minimum absolute atomic E-state index is 0.0296. The summed E-state index contributed by atoms with van der Waals surface area (Å²) in [7, 11) is 0. The van der Waals surface area contributed by atoms with Crippen molar-refractivity contribution in [2.45, 2.75) is 18.7 Å². The molecule has 0 amide bonds. The molecule has 1 unspecified atom stereocenters. The van der Waals surface area contributed by atoms with Crippen LogP contribution in [-0.4, -0.2) is 4.98 Å². The fraction of sp³-hybridized carbons (Fsp3) is 0.214. The summed E-state index contributed by atoms with van der Waals surface area (Å²) in [5.41, 5.74) is 3.39. The molecule has 0 aliphatic rings. The van der Waals surface area contributed by atoms with Crippen molar-refractivity contribution in [2.24, 2.45) is 0 Å². The highest BCUT2D eigenvalue weighted by molar-refractivity contribution is 9.10. The molecule has 0 spiro atoms. The van der Waals surface area contributed by atoms with Crippen LogP contribution in [0.4, 0.5) is 0 Å². The largest absolute Gasteiger partial charge is 0.261 e. The predicted molar refractivity (Wildman–Crippen MR) is 75.4 cm³/mol. The number of alkyl halides is 1. The van der Waals surface area contributed by atoms with E-state index in [-0.39, 0.29) is 5.38 Å². The highest BCUT2D eigenvalue weighted by Crippen LogP contribution is 2.28. The highest BCUT2D eigenvalue weighted by atomic mass is 79.9. The zero-order chi connectivity index (χ0) is 12.3.